The molecule has 39 heavy (non-hydrogen) atoms. The van der Waals surface area contributed by atoms with E-state index in [4.69, 9.17) is 0 Å². The van der Waals surface area contributed by atoms with Crippen LogP contribution in [0.4, 0.5) is 23.2 Å². The molecule has 1 aliphatic heterocycles. The van der Waals surface area contributed by atoms with Crippen molar-refractivity contribution in [2.24, 2.45) is 11.8 Å². The lowest BCUT2D eigenvalue weighted by atomic mass is 9.98. The van der Waals surface area contributed by atoms with Crippen molar-refractivity contribution in [2.75, 3.05) is 18.1 Å². The fourth-order valence-corrected chi connectivity index (χ4v) is 6.13. The molecule has 12 heteroatoms. The number of sulfone groups is 1. The number of benzene rings is 2. The van der Waals surface area contributed by atoms with Crippen LogP contribution in [-0.2, 0) is 20.8 Å². The summed E-state index contributed by atoms with van der Waals surface area (Å²) in [4.78, 5) is 28.8. The van der Waals surface area contributed by atoms with Gasteiger partial charge in [-0.15, -0.1) is 0 Å². The van der Waals surface area contributed by atoms with E-state index in [1.54, 1.807) is 0 Å². The van der Waals surface area contributed by atoms with Crippen LogP contribution < -0.4 is 10.6 Å². The van der Waals surface area contributed by atoms with Crippen molar-refractivity contribution < 1.29 is 35.6 Å². The fourth-order valence-electron chi connectivity index (χ4n) is 5.48. The maximum absolute atomic E-state index is 14.8. The monoisotopic (exact) mass is 567 g/mol. The maximum atomic E-state index is 14.8. The van der Waals surface area contributed by atoms with Gasteiger partial charge in [-0.3, -0.25) is 9.59 Å². The number of rotatable bonds is 8. The lowest BCUT2D eigenvalue weighted by Gasteiger charge is -2.30. The molecule has 1 unspecified atom stereocenters. The number of amides is 2. The molecule has 2 aliphatic carbocycles. The third kappa shape index (κ3) is 5.48. The van der Waals surface area contributed by atoms with Gasteiger partial charge in [0.1, 0.15) is 11.9 Å². The van der Waals surface area contributed by atoms with Crippen LogP contribution in [0.2, 0.25) is 0 Å². The van der Waals surface area contributed by atoms with Crippen molar-refractivity contribution in [3.63, 3.8) is 0 Å². The van der Waals surface area contributed by atoms with E-state index in [1.807, 2.05) is 6.92 Å². The van der Waals surface area contributed by atoms with Gasteiger partial charge in [0.25, 0.3) is 5.91 Å². The number of anilines is 1. The van der Waals surface area contributed by atoms with E-state index in [9.17, 15) is 35.6 Å². The van der Waals surface area contributed by atoms with E-state index in [2.05, 4.69) is 10.6 Å². The number of likely N-dealkylation sites (tertiary alicyclic amines) is 1. The summed E-state index contributed by atoms with van der Waals surface area (Å²) in [5.41, 5.74) is -0.543. The van der Waals surface area contributed by atoms with Crippen molar-refractivity contribution in [2.45, 2.75) is 61.8 Å². The van der Waals surface area contributed by atoms with Crippen molar-refractivity contribution in [1.82, 2.24) is 10.2 Å². The molecule has 2 aromatic carbocycles. The van der Waals surface area contributed by atoms with Crippen LogP contribution in [0.1, 0.15) is 60.1 Å². The van der Waals surface area contributed by atoms with Crippen molar-refractivity contribution in [1.29, 1.82) is 0 Å². The minimum Gasteiger partial charge on any atom is -0.385 e. The Labute approximate surface area is 223 Å². The highest BCUT2D eigenvalue weighted by molar-refractivity contribution is 7.90. The molecule has 0 aromatic heterocycles. The average Bonchev–Trinajstić information content (AvgIpc) is 3.79. The van der Waals surface area contributed by atoms with Gasteiger partial charge in [-0.25, -0.2) is 12.8 Å². The van der Waals surface area contributed by atoms with Crippen LogP contribution in [0, 0.1) is 17.7 Å². The highest BCUT2D eigenvalue weighted by atomic mass is 32.2. The molecule has 2 saturated carbocycles. The minimum atomic E-state index is -4.69. The largest absolute Gasteiger partial charge is 0.416 e. The van der Waals surface area contributed by atoms with Gasteiger partial charge in [-0.05, 0) is 74.8 Å². The smallest absolute Gasteiger partial charge is 0.385 e. The van der Waals surface area contributed by atoms with Gasteiger partial charge in [-0.2, -0.15) is 13.2 Å². The minimum absolute atomic E-state index is 0.0184. The quantitative estimate of drug-likeness (QED) is 0.457. The fraction of sp³-hybridized carbons (Fsp3) is 0.481. The van der Waals surface area contributed by atoms with Gasteiger partial charge in [-0.1, -0.05) is 6.07 Å². The Balaban J connectivity index is 1.42. The number of carbonyl (C=O) groups is 2. The number of alkyl halides is 3. The second-order valence-corrected chi connectivity index (χ2v) is 12.6. The topological polar surface area (TPSA) is 95.6 Å². The van der Waals surface area contributed by atoms with Gasteiger partial charge in [0.05, 0.1) is 22.1 Å². The van der Waals surface area contributed by atoms with E-state index in [0.29, 0.717) is 37.6 Å². The molecular formula is C27H29F4N3O4S. The normalized spacial score (nSPS) is 23.2. The Morgan fingerprint density at radius 2 is 1.82 bits per heavy atom. The Morgan fingerprint density at radius 1 is 1.10 bits per heavy atom. The number of nitrogens with zero attached hydrogens (tertiary/aromatic N) is 1. The van der Waals surface area contributed by atoms with E-state index in [1.165, 1.54) is 23.1 Å². The van der Waals surface area contributed by atoms with E-state index in [0.717, 1.165) is 24.8 Å². The molecule has 5 rings (SSSR count). The van der Waals surface area contributed by atoms with Crippen LogP contribution >= 0.6 is 0 Å². The summed E-state index contributed by atoms with van der Waals surface area (Å²) in [7, 11) is -3.60. The number of nitrogens with one attached hydrogen (secondary N) is 2. The molecule has 3 aliphatic rings. The van der Waals surface area contributed by atoms with Gasteiger partial charge in [0.2, 0.25) is 5.91 Å². The SMILES string of the molecule is CCNc1ccc(S(C)(=O)=O)cc1C(=O)N1[C@@H](C(=O)NC(c2ccc(C(F)(F)F)cc2F)C2CC2)C[C@H]2C[C@H]21. The number of hydrogen-bond acceptors (Lipinski definition) is 5. The van der Waals surface area contributed by atoms with Crippen LogP contribution in [0.25, 0.3) is 0 Å². The van der Waals surface area contributed by atoms with Crippen LogP contribution in [-0.4, -0.2) is 50.0 Å². The summed E-state index contributed by atoms with van der Waals surface area (Å²) in [6.07, 6.45) is -1.15. The van der Waals surface area contributed by atoms with E-state index < -0.39 is 51.3 Å². The van der Waals surface area contributed by atoms with Crippen molar-refractivity contribution >= 4 is 27.3 Å². The highest BCUT2D eigenvalue weighted by Crippen LogP contribution is 2.49. The van der Waals surface area contributed by atoms with Gasteiger partial charge in [0, 0.05) is 30.1 Å². The predicted molar refractivity (Wildman–Crippen MR) is 135 cm³/mol. The zero-order valence-electron chi connectivity index (χ0n) is 21.4. The molecule has 2 N–H and O–H groups in total. The zero-order valence-corrected chi connectivity index (χ0v) is 22.2. The van der Waals surface area contributed by atoms with Crippen LogP contribution in [0.3, 0.4) is 0 Å². The number of piperidine rings is 1. The number of hydrogen-bond donors (Lipinski definition) is 2. The molecule has 1 heterocycles. The van der Waals surface area contributed by atoms with E-state index >= 15 is 0 Å². The van der Waals surface area contributed by atoms with Gasteiger partial charge < -0.3 is 15.5 Å². The summed E-state index contributed by atoms with van der Waals surface area (Å²) in [6, 6.07) is 4.70. The first-order valence-electron chi connectivity index (χ1n) is 12.9. The summed E-state index contributed by atoms with van der Waals surface area (Å²) >= 11 is 0. The van der Waals surface area contributed by atoms with Gasteiger partial charge >= 0.3 is 6.18 Å². The Kier molecular flexibility index (Phi) is 6.89. The molecule has 2 amide bonds. The second kappa shape index (κ2) is 9.79. The summed E-state index contributed by atoms with van der Waals surface area (Å²) < 4.78 is 78.3. The number of fused-ring (bicyclic) bond motifs is 1. The van der Waals surface area contributed by atoms with E-state index in [-0.39, 0.29) is 33.9 Å². The summed E-state index contributed by atoms with van der Waals surface area (Å²) in [5, 5.41) is 5.89. The molecule has 0 radical (unpaired) electrons. The van der Waals surface area contributed by atoms with Crippen molar-refractivity contribution in [3.8, 4) is 0 Å². The second-order valence-electron chi connectivity index (χ2n) is 10.6. The van der Waals surface area contributed by atoms with Crippen LogP contribution in [0.5, 0.6) is 0 Å². The molecule has 2 aromatic rings. The lowest BCUT2D eigenvalue weighted by molar-refractivity contribution is -0.137. The first-order valence-corrected chi connectivity index (χ1v) is 14.8. The molecule has 0 bridgehead atoms. The molecule has 1 saturated heterocycles. The molecular weight excluding hydrogens is 538 g/mol. The molecule has 0 spiro atoms. The Hall–Kier alpha value is -3.15. The standard InChI is InChI=1S/C27H29F4N3O4S/c1-3-32-21-9-7-17(39(2,37)38)13-19(21)26(36)34-22-10-15(22)11-23(34)25(35)33-24(14-4-5-14)18-8-6-16(12-20(18)28)27(29,30)31/h6-9,12-15,22-24,32H,3-5,10-11H2,1-2H3,(H,33,35)/t15-,22-,23-,24?/m1/s1. The number of halogens is 4. The molecule has 7 nitrogen and oxygen atoms in total. The Morgan fingerprint density at radius 3 is 2.41 bits per heavy atom. The molecule has 3 fully saturated rings. The van der Waals surface area contributed by atoms with Crippen LogP contribution in [0.15, 0.2) is 41.3 Å². The summed E-state index contributed by atoms with van der Waals surface area (Å²) in [5.74, 6) is -2.03. The average molecular weight is 568 g/mol. The summed E-state index contributed by atoms with van der Waals surface area (Å²) in [6.45, 7) is 2.32. The predicted octanol–water partition coefficient (Wildman–Crippen LogP) is 4.55. The third-order valence-corrected chi connectivity index (χ3v) is 8.82. The first kappa shape index (κ1) is 27.4. The molecule has 210 valence electrons. The van der Waals surface area contributed by atoms with Gasteiger partial charge in [0.15, 0.2) is 9.84 Å². The lowest BCUT2D eigenvalue weighted by Crippen LogP contribution is -2.49. The molecule has 4 atom stereocenters. The highest BCUT2D eigenvalue weighted by Gasteiger charge is 2.56. The first-order chi connectivity index (χ1) is 18.3. The van der Waals surface area contributed by atoms with Crippen molar-refractivity contribution in [3.05, 3.63) is 58.9 Å². The Bertz CT molecular complexity index is 1420. The maximum Gasteiger partial charge on any atom is 0.416 e. The zero-order chi connectivity index (χ0) is 28.3. The number of carbonyl (C=O) groups excluding carboxylic acids is 2. The third-order valence-electron chi connectivity index (χ3n) is 7.71.